The standard InChI is InChI=1S/C12H14B/c1-3-4-8-11(2)13-12-9-6-5-7-10-12/h3-10H,1-2H3/b4-3-,11-8+. The van der Waals surface area contributed by atoms with Crippen molar-refractivity contribution in [3.05, 3.63) is 54.0 Å². The second kappa shape index (κ2) is 5.42. The molecule has 1 aromatic rings. The van der Waals surface area contributed by atoms with E-state index in [9.17, 15) is 0 Å². The third-order valence-electron chi connectivity index (χ3n) is 1.75. The molecule has 0 unspecified atom stereocenters. The van der Waals surface area contributed by atoms with Gasteiger partial charge in [-0.2, -0.15) is 0 Å². The Hall–Kier alpha value is -1.24. The molecule has 1 heteroatoms. The van der Waals surface area contributed by atoms with Crippen LogP contribution >= 0.6 is 0 Å². The molecule has 0 fully saturated rings. The maximum atomic E-state index is 2.17. The van der Waals surface area contributed by atoms with Gasteiger partial charge in [0.15, 0.2) is 7.28 Å². The topological polar surface area (TPSA) is 0 Å². The predicted octanol–water partition coefficient (Wildman–Crippen LogP) is 2.50. The maximum Gasteiger partial charge on any atom is 0.185 e. The molecule has 1 rings (SSSR count). The van der Waals surface area contributed by atoms with Crippen molar-refractivity contribution in [2.45, 2.75) is 13.8 Å². The number of hydrogen-bond donors (Lipinski definition) is 0. The van der Waals surface area contributed by atoms with Gasteiger partial charge in [-0.1, -0.05) is 60.9 Å². The van der Waals surface area contributed by atoms with E-state index in [0.29, 0.717) is 0 Å². The van der Waals surface area contributed by atoms with Crippen molar-refractivity contribution in [2.24, 2.45) is 0 Å². The average Bonchev–Trinajstić information content (AvgIpc) is 2.16. The fraction of sp³-hybridized carbons (Fsp3) is 0.167. The quantitative estimate of drug-likeness (QED) is 0.481. The van der Waals surface area contributed by atoms with Crippen LogP contribution in [0, 0.1) is 0 Å². The Morgan fingerprint density at radius 2 is 1.92 bits per heavy atom. The van der Waals surface area contributed by atoms with Crippen molar-refractivity contribution >= 4 is 12.7 Å². The monoisotopic (exact) mass is 169 g/mol. The van der Waals surface area contributed by atoms with Crippen LogP contribution in [-0.4, -0.2) is 7.28 Å². The smallest absolute Gasteiger partial charge is 0.106 e. The van der Waals surface area contributed by atoms with Gasteiger partial charge in [-0.3, -0.25) is 0 Å². The lowest BCUT2D eigenvalue weighted by molar-refractivity contribution is 1.62. The van der Waals surface area contributed by atoms with E-state index in [0.717, 1.165) is 0 Å². The minimum Gasteiger partial charge on any atom is -0.106 e. The van der Waals surface area contributed by atoms with Crippen molar-refractivity contribution in [3.8, 4) is 0 Å². The van der Waals surface area contributed by atoms with Crippen LogP contribution in [0.5, 0.6) is 0 Å². The fourth-order valence-electron chi connectivity index (χ4n) is 1.11. The summed E-state index contributed by atoms with van der Waals surface area (Å²) in [7, 11) is 2.17. The van der Waals surface area contributed by atoms with Crippen molar-refractivity contribution in [2.75, 3.05) is 0 Å². The summed E-state index contributed by atoms with van der Waals surface area (Å²) < 4.78 is 0. The lowest BCUT2D eigenvalue weighted by Gasteiger charge is -1.97. The van der Waals surface area contributed by atoms with E-state index in [1.165, 1.54) is 10.9 Å². The van der Waals surface area contributed by atoms with Crippen LogP contribution in [0.25, 0.3) is 0 Å². The van der Waals surface area contributed by atoms with Gasteiger partial charge in [-0.15, -0.1) is 5.47 Å². The minimum atomic E-state index is 1.25. The largest absolute Gasteiger partial charge is 0.185 e. The van der Waals surface area contributed by atoms with Gasteiger partial charge in [0.25, 0.3) is 0 Å². The Morgan fingerprint density at radius 3 is 2.54 bits per heavy atom. The van der Waals surface area contributed by atoms with E-state index < -0.39 is 0 Å². The third kappa shape index (κ3) is 3.79. The van der Waals surface area contributed by atoms with Gasteiger partial charge in [0.1, 0.15) is 0 Å². The summed E-state index contributed by atoms with van der Waals surface area (Å²) in [5, 5.41) is 0. The summed E-state index contributed by atoms with van der Waals surface area (Å²) in [5.41, 5.74) is 2.52. The molecule has 0 saturated carbocycles. The molecule has 0 N–H and O–H groups in total. The van der Waals surface area contributed by atoms with Gasteiger partial charge in [-0.25, -0.2) is 0 Å². The first-order valence-corrected chi connectivity index (χ1v) is 4.52. The van der Waals surface area contributed by atoms with Gasteiger partial charge in [-0.05, 0) is 6.92 Å². The summed E-state index contributed by atoms with van der Waals surface area (Å²) >= 11 is 0. The van der Waals surface area contributed by atoms with Crippen LogP contribution in [0.2, 0.25) is 0 Å². The number of rotatable bonds is 3. The fourth-order valence-corrected chi connectivity index (χ4v) is 1.11. The molecule has 0 heterocycles. The first kappa shape index (κ1) is 9.85. The third-order valence-corrected chi connectivity index (χ3v) is 1.75. The summed E-state index contributed by atoms with van der Waals surface area (Å²) in [6, 6.07) is 10.3. The van der Waals surface area contributed by atoms with E-state index in [-0.39, 0.29) is 0 Å². The molecule has 0 saturated heterocycles. The predicted molar refractivity (Wildman–Crippen MR) is 60.4 cm³/mol. The highest BCUT2D eigenvalue weighted by atomic mass is 13.8. The number of hydrogen-bond acceptors (Lipinski definition) is 0. The van der Waals surface area contributed by atoms with Gasteiger partial charge < -0.3 is 0 Å². The van der Waals surface area contributed by atoms with Crippen LogP contribution in [0.3, 0.4) is 0 Å². The average molecular weight is 169 g/mol. The Bertz CT molecular complexity index is 296. The van der Waals surface area contributed by atoms with Crippen LogP contribution in [0.1, 0.15) is 13.8 Å². The molecular formula is C12H14B. The highest BCUT2D eigenvalue weighted by Crippen LogP contribution is 1.92. The van der Waals surface area contributed by atoms with E-state index in [2.05, 4.69) is 50.6 Å². The molecule has 0 aliphatic rings. The first-order valence-electron chi connectivity index (χ1n) is 4.52. The molecule has 0 aliphatic heterocycles. The summed E-state index contributed by atoms with van der Waals surface area (Å²) in [6.45, 7) is 4.12. The second-order valence-electron chi connectivity index (χ2n) is 2.99. The van der Waals surface area contributed by atoms with Crippen molar-refractivity contribution in [1.82, 2.24) is 0 Å². The molecule has 0 aromatic heterocycles. The maximum absolute atomic E-state index is 2.17. The molecule has 0 atom stereocenters. The zero-order chi connectivity index (χ0) is 9.52. The molecule has 1 aromatic carbocycles. The van der Waals surface area contributed by atoms with Crippen LogP contribution in [0.4, 0.5) is 0 Å². The van der Waals surface area contributed by atoms with Crippen LogP contribution in [-0.2, 0) is 0 Å². The zero-order valence-electron chi connectivity index (χ0n) is 8.20. The minimum absolute atomic E-state index is 1.25. The molecule has 0 nitrogen and oxygen atoms in total. The van der Waals surface area contributed by atoms with Crippen molar-refractivity contribution in [3.63, 3.8) is 0 Å². The molecule has 0 aliphatic carbocycles. The lowest BCUT2D eigenvalue weighted by atomic mass is 9.64. The van der Waals surface area contributed by atoms with E-state index in [1.807, 2.05) is 19.1 Å². The molecule has 13 heavy (non-hydrogen) atoms. The summed E-state index contributed by atoms with van der Waals surface area (Å²) in [6.07, 6.45) is 6.18. The summed E-state index contributed by atoms with van der Waals surface area (Å²) in [4.78, 5) is 0. The number of allylic oxidation sites excluding steroid dienone is 4. The Balaban J connectivity index is 2.60. The number of benzene rings is 1. The Labute approximate surface area is 81.2 Å². The molecule has 0 spiro atoms. The van der Waals surface area contributed by atoms with Crippen molar-refractivity contribution in [1.29, 1.82) is 0 Å². The zero-order valence-corrected chi connectivity index (χ0v) is 8.20. The highest BCUT2D eigenvalue weighted by Gasteiger charge is 1.94. The molecular weight excluding hydrogens is 155 g/mol. The lowest BCUT2D eigenvalue weighted by Crippen LogP contribution is -2.14. The van der Waals surface area contributed by atoms with Gasteiger partial charge in [0.2, 0.25) is 0 Å². The van der Waals surface area contributed by atoms with E-state index in [1.54, 1.807) is 0 Å². The Morgan fingerprint density at radius 1 is 1.23 bits per heavy atom. The molecule has 0 bridgehead atoms. The summed E-state index contributed by atoms with van der Waals surface area (Å²) in [5.74, 6) is 0. The van der Waals surface area contributed by atoms with Gasteiger partial charge in [0, 0.05) is 0 Å². The van der Waals surface area contributed by atoms with Crippen LogP contribution < -0.4 is 5.46 Å². The normalized spacial score (nSPS) is 12.0. The Kier molecular flexibility index (Phi) is 4.10. The molecule has 65 valence electrons. The van der Waals surface area contributed by atoms with Gasteiger partial charge in [0.05, 0.1) is 0 Å². The van der Waals surface area contributed by atoms with Crippen LogP contribution in [0.15, 0.2) is 54.0 Å². The second-order valence-corrected chi connectivity index (χ2v) is 2.99. The van der Waals surface area contributed by atoms with E-state index >= 15 is 0 Å². The molecule has 0 amide bonds. The van der Waals surface area contributed by atoms with Crippen molar-refractivity contribution < 1.29 is 0 Å². The van der Waals surface area contributed by atoms with E-state index in [4.69, 9.17) is 0 Å². The SMILES string of the molecule is C/C=C\C=C(/C)[B]c1ccccc1. The first-order chi connectivity index (χ1) is 6.33. The highest BCUT2D eigenvalue weighted by molar-refractivity contribution is 6.60. The molecule has 1 radical (unpaired) electrons. The van der Waals surface area contributed by atoms with Gasteiger partial charge >= 0.3 is 0 Å².